The molecule has 2 aromatic rings. The minimum absolute atomic E-state index is 0.0203. The van der Waals surface area contributed by atoms with Gasteiger partial charge in [-0.1, -0.05) is 0 Å². The van der Waals surface area contributed by atoms with Gasteiger partial charge in [-0.15, -0.1) is 0 Å². The van der Waals surface area contributed by atoms with Crippen LogP contribution in [0.25, 0.3) is 0 Å². The Hall–Kier alpha value is -0.940. The van der Waals surface area contributed by atoms with Crippen molar-refractivity contribution in [2.45, 2.75) is 13.0 Å². The number of hydrogen-bond acceptors (Lipinski definition) is 2. The zero-order valence-corrected chi connectivity index (χ0v) is 11.4. The first-order valence-corrected chi connectivity index (χ1v) is 6.74. The fourth-order valence-electron chi connectivity index (χ4n) is 1.47. The average molecular weight is 318 g/mol. The molecule has 0 fully saturated rings. The number of anilines is 1. The molecule has 1 atom stereocenters. The fraction of sp³-hybridized carbons (Fsp3) is 0.167. The summed E-state index contributed by atoms with van der Waals surface area (Å²) in [6, 6.07) is 4.23. The highest BCUT2D eigenvalue weighted by molar-refractivity contribution is 9.10. The topological polar surface area (TPSA) is 12.0 Å². The predicted molar refractivity (Wildman–Crippen MR) is 70.4 cm³/mol. The summed E-state index contributed by atoms with van der Waals surface area (Å²) in [5, 5.41) is 6.97. The molecule has 0 aliphatic carbocycles. The molecule has 0 aliphatic rings. The molecule has 2 rings (SSSR count). The van der Waals surface area contributed by atoms with E-state index in [1.165, 1.54) is 6.07 Å². The van der Waals surface area contributed by atoms with Crippen LogP contribution in [0.3, 0.4) is 0 Å². The Morgan fingerprint density at radius 2 is 2.06 bits per heavy atom. The third-order valence-electron chi connectivity index (χ3n) is 2.43. The minimum atomic E-state index is -0.601. The molecule has 1 heterocycles. The second-order valence-corrected chi connectivity index (χ2v) is 5.30. The summed E-state index contributed by atoms with van der Waals surface area (Å²) in [5.41, 5.74) is 1.37. The minimum Gasteiger partial charge on any atom is -0.376 e. The first kappa shape index (κ1) is 12.5. The number of thiophene rings is 1. The lowest BCUT2D eigenvalue weighted by atomic mass is 10.1. The van der Waals surface area contributed by atoms with Crippen LogP contribution in [0.4, 0.5) is 14.5 Å². The van der Waals surface area contributed by atoms with Gasteiger partial charge in [-0.2, -0.15) is 11.3 Å². The molecule has 0 radical (unpaired) electrons. The number of benzene rings is 1. The van der Waals surface area contributed by atoms with Crippen molar-refractivity contribution in [2.24, 2.45) is 0 Å². The summed E-state index contributed by atoms with van der Waals surface area (Å²) < 4.78 is 26.8. The molecule has 0 bridgehead atoms. The lowest BCUT2D eigenvalue weighted by Crippen LogP contribution is -2.07. The Labute approximate surface area is 111 Å². The maximum absolute atomic E-state index is 13.5. The average Bonchev–Trinajstić information content (AvgIpc) is 2.79. The van der Waals surface area contributed by atoms with Gasteiger partial charge in [-0.3, -0.25) is 0 Å². The largest absolute Gasteiger partial charge is 0.376 e. The molecule has 0 aliphatic heterocycles. The van der Waals surface area contributed by atoms with Crippen molar-refractivity contribution < 1.29 is 8.78 Å². The third-order valence-corrected chi connectivity index (χ3v) is 3.73. The first-order chi connectivity index (χ1) is 8.08. The number of halogens is 3. The summed E-state index contributed by atoms with van der Waals surface area (Å²) in [6.07, 6.45) is 0. The highest BCUT2D eigenvalue weighted by Gasteiger charge is 2.11. The Kier molecular flexibility index (Phi) is 3.79. The van der Waals surface area contributed by atoms with Crippen LogP contribution in [0.2, 0.25) is 0 Å². The van der Waals surface area contributed by atoms with Crippen LogP contribution in [0, 0.1) is 11.6 Å². The van der Waals surface area contributed by atoms with Crippen LogP contribution in [-0.2, 0) is 0 Å². The van der Waals surface area contributed by atoms with Crippen LogP contribution in [0.5, 0.6) is 0 Å². The van der Waals surface area contributed by atoms with Gasteiger partial charge in [0.1, 0.15) is 11.6 Å². The lowest BCUT2D eigenvalue weighted by molar-refractivity contribution is 0.579. The van der Waals surface area contributed by atoms with Crippen molar-refractivity contribution in [1.29, 1.82) is 0 Å². The molecule has 1 unspecified atom stereocenters. The standard InChI is InChI=1S/C12H10BrF2NS/c1-7(8-2-3-17-6-8)16-12-4-9(13)10(14)5-11(12)15/h2-7,16H,1H3. The number of nitrogens with one attached hydrogen (secondary N) is 1. The Balaban J connectivity index is 2.22. The van der Waals surface area contributed by atoms with Crippen molar-refractivity contribution in [3.05, 3.63) is 50.6 Å². The summed E-state index contributed by atoms with van der Waals surface area (Å²) in [5.74, 6) is -1.19. The second kappa shape index (κ2) is 5.14. The predicted octanol–water partition coefficient (Wildman–Crippen LogP) is 4.96. The van der Waals surface area contributed by atoms with Crippen LogP contribution >= 0.6 is 27.3 Å². The van der Waals surface area contributed by atoms with Crippen LogP contribution in [-0.4, -0.2) is 0 Å². The van der Waals surface area contributed by atoms with Crippen molar-refractivity contribution in [1.82, 2.24) is 0 Å². The highest BCUT2D eigenvalue weighted by Crippen LogP contribution is 2.27. The fourth-order valence-corrected chi connectivity index (χ4v) is 2.57. The maximum atomic E-state index is 13.5. The number of hydrogen-bond donors (Lipinski definition) is 1. The lowest BCUT2D eigenvalue weighted by Gasteiger charge is -2.15. The summed E-state index contributed by atoms with van der Waals surface area (Å²) in [6.45, 7) is 1.93. The quantitative estimate of drug-likeness (QED) is 0.789. The van der Waals surface area contributed by atoms with Gasteiger partial charge >= 0.3 is 0 Å². The number of rotatable bonds is 3. The molecule has 0 amide bonds. The summed E-state index contributed by atoms with van der Waals surface area (Å²) >= 11 is 4.62. The molecule has 17 heavy (non-hydrogen) atoms. The Bertz CT molecular complexity index is 513. The molecule has 5 heteroatoms. The molecule has 0 spiro atoms. The second-order valence-electron chi connectivity index (χ2n) is 3.67. The van der Waals surface area contributed by atoms with E-state index in [1.54, 1.807) is 11.3 Å². The van der Waals surface area contributed by atoms with E-state index in [-0.39, 0.29) is 16.2 Å². The van der Waals surface area contributed by atoms with E-state index in [1.807, 2.05) is 23.8 Å². The van der Waals surface area contributed by atoms with E-state index >= 15 is 0 Å². The zero-order valence-electron chi connectivity index (χ0n) is 9.01. The molecule has 0 saturated carbocycles. The van der Waals surface area contributed by atoms with Gasteiger partial charge in [-0.05, 0) is 51.3 Å². The van der Waals surface area contributed by atoms with E-state index in [2.05, 4.69) is 21.2 Å². The van der Waals surface area contributed by atoms with E-state index in [4.69, 9.17) is 0 Å². The van der Waals surface area contributed by atoms with E-state index in [0.29, 0.717) is 0 Å². The van der Waals surface area contributed by atoms with E-state index in [0.717, 1.165) is 11.6 Å². The molecule has 90 valence electrons. The van der Waals surface area contributed by atoms with Crippen molar-refractivity contribution in [3.63, 3.8) is 0 Å². The van der Waals surface area contributed by atoms with Gasteiger partial charge in [0.15, 0.2) is 0 Å². The molecular formula is C12H10BrF2NS. The summed E-state index contributed by atoms with van der Waals surface area (Å²) in [7, 11) is 0. The highest BCUT2D eigenvalue weighted by atomic mass is 79.9. The van der Waals surface area contributed by atoms with Gasteiger partial charge in [0.05, 0.1) is 10.2 Å². The van der Waals surface area contributed by atoms with Crippen LogP contribution < -0.4 is 5.32 Å². The van der Waals surface area contributed by atoms with Gasteiger partial charge in [0.25, 0.3) is 0 Å². The summed E-state index contributed by atoms with van der Waals surface area (Å²) in [4.78, 5) is 0. The maximum Gasteiger partial charge on any atom is 0.149 e. The molecular weight excluding hydrogens is 308 g/mol. The van der Waals surface area contributed by atoms with E-state index < -0.39 is 11.6 Å². The molecule has 1 nitrogen and oxygen atoms in total. The van der Waals surface area contributed by atoms with Crippen LogP contribution in [0.1, 0.15) is 18.5 Å². The molecule has 0 saturated heterocycles. The van der Waals surface area contributed by atoms with Crippen molar-refractivity contribution in [2.75, 3.05) is 5.32 Å². The van der Waals surface area contributed by atoms with Gasteiger partial charge in [-0.25, -0.2) is 8.78 Å². The Morgan fingerprint density at radius 1 is 1.29 bits per heavy atom. The third kappa shape index (κ3) is 2.84. The molecule has 1 aromatic heterocycles. The van der Waals surface area contributed by atoms with Crippen molar-refractivity contribution >= 4 is 33.0 Å². The van der Waals surface area contributed by atoms with Crippen molar-refractivity contribution in [3.8, 4) is 0 Å². The zero-order chi connectivity index (χ0) is 12.4. The smallest absolute Gasteiger partial charge is 0.149 e. The van der Waals surface area contributed by atoms with Crippen LogP contribution in [0.15, 0.2) is 33.4 Å². The van der Waals surface area contributed by atoms with E-state index in [9.17, 15) is 8.78 Å². The first-order valence-electron chi connectivity index (χ1n) is 5.01. The van der Waals surface area contributed by atoms with Gasteiger partial charge < -0.3 is 5.32 Å². The Morgan fingerprint density at radius 3 is 2.71 bits per heavy atom. The SMILES string of the molecule is CC(Nc1cc(Br)c(F)cc1F)c1ccsc1. The monoisotopic (exact) mass is 317 g/mol. The van der Waals surface area contributed by atoms with Gasteiger partial charge in [0, 0.05) is 12.1 Å². The molecule has 1 aromatic carbocycles. The molecule has 1 N–H and O–H groups in total. The van der Waals surface area contributed by atoms with Gasteiger partial charge in [0.2, 0.25) is 0 Å². The normalized spacial score (nSPS) is 12.5.